The van der Waals surface area contributed by atoms with E-state index in [1.54, 1.807) is 0 Å². The summed E-state index contributed by atoms with van der Waals surface area (Å²) in [7, 11) is 0. The molecule has 2 aliphatic heterocycles. The van der Waals surface area contributed by atoms with Crippen LogP contribution in [0.15, 0.2) is 0 Å². The summed E-state index contributed by atoms with van der Waals surface area (Å²) in [5.41, 5.74) is 5.58. The van der Waals surface area contributed by atoms with Gasteiger partial charge in [-0.1, -0.05) is 0 Å². The summed E-state index contributed by atoms with van der Waals surface area (Å²) in [4.78, 5) is 1.89. The van der Waals surface area contributed by atoms with Crippen LogP contribution in [-0.2, 0) is 4.74 Å². The molecule has 0 aromatic carbocycles. The van der Waals surface area contributed by atoms with Crippen LogP contribution < -0.4 is 5.73 Å². The first-order valence-corrected chi connectivity index (χ1v) is 5.54. The topological polar surface area (TPSA) is 38.5 Å². The van der Waals surface area contributed by atoms with Crippen LogP contribution in [0.2, 0.25) is 0 Å². The number of rotatable bonds is 1. The fourth-order valence-electron chi connectivity index (χ4n) is 2.35. The minimum atomic E-state index is -1.02. The Morgan fingerprint density at radius 1 is 1.20 bits per heavy atom. The van der Waals surface area contributed by atoms with Gasteiger partial charge in [-0.2, -0.15) is 0 Å². The van der Waals surface area contributed by atoms with E-state index < -0.39 is 12.3 Å². The minimum absolute atomic E-state index is 0.143. The quantitative estimate of drug-likeness (QED) is 0.698. The number of halogens is 2. The van der Waals surface area contributed by atoms with Crippen molar-refractivity contribution in [3.63, 3.8) is 0 Å². The molecule has 4 atom stereocenters. The Labute approximate surface area is 88.6 Å². The van der Waals surface area contributed by atoms with E-state index >= 15 is 0 Å². The van der Waals surface area contributed by atoms with Gasteiger partial charge >= 0.3 is 0 Å². The normalized spacial score (nSPS) is 44.2. The maximum Gasteiger partial charge on any atom is 0.139 e. The SMILES string of the molecule is NC1CCN(C2CCOCC2F)CC1F. The Balaban J connectivity index is 1.92. The van der Waals surface area contributed by atoms with Crippen LogP contribution >= 0.6 is 0 Å². The molecule has 0 saturated carbocycles. The van der Waals surface area contributed by atoms with E-state index in [0.29, 0.717) is 26.0 Å². The van der Waals surface area contributed by atoms with Gasteiger partial charge in [0.2, 0.25) is 0 Å². The molecular weight excluding hydrogens is 202 g/mol. The van der Waals surface area contributed by atoms with Gasteiger partial charge in [0, 0.05) is 31.8 Å². The molecule has 0 aliphatic carbocycles. The number of ether oxygens (including phenoxy) is 1. The number of piperidine rings is 1. The Morgan fingerprint density at radius 3 is 2.67 bits per heavy atom. The van der Waals surface area contributed by atoms with Gasteiger partial charge in [-0.05, 0) is 12.8 Å². The van der Waals surface area contributed by atoms with E-state index in [-0.39, 0.29) is 25.2 Å². The van der Waals surface area contributed by atoms with Crippen LogP contribution in [0, 0.1) is 0 Å². The molecule has 2 heterocycles. The second-order valence-electron chi connectivity index (χ2n) is 4.41. The summed E-state index contributed by atoms with van der Waals surface area (Å²) in [6, 6.07) is -0.552. The Bertz CT molecular complexity index is 218. The molecule has 2 aliphatic rings. The molecule has 88 valence electrons. The summed E-state index contributed by atoms with van der Waals surface area (Å²) >= 11 is 0. The molecule has 2 N–H and O–H groups in total. The van der Waals surface area contributed by atoms with Gasteiger partial charge in [0.25, 0.3) is 0 Å². The molecule has 0 aromatic heterocycles. The molecule has 0 radical (unpaired) electrons. The predicted molar refractivity (Wildman–Crippen MR) is 53.2 cm³/mol. The first-order chi connectivity index (χ1) is 7.18. The van der Waals surface area contributed by atoms with E-state index in [0.717, 1.165) is 0 Å². The van der Waals surface area contributed by atoms with Gasteiger partial charge in [0.05, 0.1) is 6.61 Å². The zero-order valence-corrected chi connectivity index (χ0v) is 8.74. The zero-order chi connectivity index (χ0) is 10.8. The molecule has 2 saturated heterocycles. The number of hydrogen-bond donors (Lipinski definition) is 1. The lowest BCUT2D eigenvalue weighted by Gasteiger charge is -2.41. The van der Waals surface area contributed by atoms with Crippen molar-refractivity contribution >= 4 is 0 Å². The molecule has 0 amide bonds. The van der Waals surface area contributed by atoms with Gasteiger partial charge in [-0.15, -0.1) is 0 Å². The first kappa shape index (κ1) is 11.2. The van der Waals surface area contributed by atoms with Gasteiger partial charge in [0.15, 0.2) is 0 Å². The van der Waals surface area contributed by atoms with Crippen LogP contribution in [0.3, 0.4) is 0 Å². The molecule has 0 aromatic rings. The summed E-state index contributed by atoms with van der Waals surface area (Å²) in [5, 5.41) is 0. The standard InChI is InChI=1S/C10H18F2N2O/c11-7-5-14(3-1-9(7)13)10-2-4-15-6-8(10)12/h7-10H,1-6,13H2. The van der Waals surface area contributed by atoms with Crippen molar-refractivity contribution in [2.45, 2.75) is 37.3 Å². The highest BCUT2D eigenvalue weighted by Gasteiger charge is 2.35. The number of hydrogen-bond acceptors (Lipinski definition) is 3. The molecule has 4 unspecified atom stereocenters. The third-order valence-corrected chi connectivity index (χ3v) is 3.34. The zero-order valence-electron chi connectivity index (χ0n) is 8.74. The highest BCUT2D eigenvalue weighted by atomic mass is 19.1. The van der Waals surface area contributed by atoms with E-state index in [9.17, 15) is 8.78 Å². The monoisotopic (exact) mass is 220 g/mol. The van der Waals surface area contributed by atoms with Crippen molar-refractivity contribution in [3.8, 4) is 0 Å². The maximum atomic E-state index is 13.5. The molecule has 3 nitrogen and oxygen atoms in total. The van der Waals surface area contributed by atoms with Gasteiger partial charge in [0.1, 0.15) is 12.3 Å². The Kier molecular flexibility index (Phi) is 3.53. The predicted octanol–water partition coefficient (Wildman–Crippen LogP) is 0.484. The smallest absolute Gasteiger partial charge is 0.139 e. The molecule has 2 fully saturated rings. The molecular formula is C10H18F2N2O. The molecule has 0 bridgehead atoms. The average molecular weight is 220 g/mol. The lowest BCUT2D eigenvalue weighted by Crippen LogP contribution is -2.56. The molecule has 2 rings (SSSR count). The van der Waals surface area contributed by atoms with Gasteiger partial charge in [-0.3, -0.25) is 4.90 Å². The number of nitrogens with two attached hydrogens (primary N) is 1. The van der Waals surface area contributed by atoms with Crippen LogP contribution in [0.25, 0.3) is 0 Å². The fraction of sp³-hybridized carbons (Fsp3) is 1.00. The average Bonchev–Trinajstić information content (AvgIpc) is 2.23. The Morgan fingerprint density at radius 2 is 2.00 bits per heavy atom. The van der Waals surface area contributed by atoms with Crippen LogP contribution in [0.4, 0.5) is 8.78 Å². The third-order valence-electron chi connectivity index (χ3n) is 3.34. The lowest BCUT2D eigenvalue weighted by molar-refractivity contribution is -0.0434. The minimum Gasteiger partial charge on any atom is -0.378 e. The summed E-state index contributed by atoms with van der Waals surface area (Å²) < 4.78 is 32.0. The lowest BCUT2D eigenvalue weighted by atomic mass is 9.98. The fourth-order valence-corrected chi connectivity index (χ4v) is 2.35. The second kappa shape index (κ2) is 4.72. The number of alkyl halides is 2. The van der Waals surface area contributed by atoms with Gasteiger partial charge < -0.3 is 10.5 Å². The maximum absolute atomic E-state index is 13.5. The summed E-state index contributed by atoms with van der Waals surface area (Å²) in [6.45, 7) is 1.69. The Hall–Kier alpha value is -0.260. The van der Waals surface area contributed by atoms with Crippen molar-refractivity contribution in [1.29, 1.82) is 0 Å². The second-order valence-corrected chi connectivity index (χ2v) is 4.41. The summed E-state index contributed by atoms with van der Waals surface area (Å²) in [5.74, 6) is 0. The van der Waals surface area contributed by atoms with E-state index in [1.165, 1.54) is 0 Å². The van der Waals surface area contributed by atoms with Crippen molar-refractivity contribution < 1.29 is 13.5 Å². The van der Waals surface area contributed by atoms with Crippen LogP contribution in [0.1, 0.15) is 12.8 Å². The van der Waals surface area contributed by atoms with Crippen molar-refractivity contribution in [3.05, 3.63) is 0 Å². The van der Waals surface area contributed by atoms with Gasteiger partial charge in [-0.25, -0.2) is 8.78 Å². The molecule has 0 spiro atoms. The molecule has 15 heavy (non-hydrogen) atoms. The highest BCUT2D eigenvalue weighted by Crippen LogP contribution is 2.22. The third kappa shape index (κ3) is 2.46. The van der Waals surface area contributed by atoms with Crippen molar-refractivity contribution in [1.82, 2.24) is 4.90 Å². The number of nitrogens with zero attached hydrogens (tertiary/aromatic N) is 1. The van der Waals surface area contributed by atoms with E-state index in [4.69, 9.17) is 10.5 Å². The van der Waals surface area contributed by atoms with Crippen LogP contribution in [0.5, 0.6) is 0 Å². The first-order valence-electron chi connectivity index (χ1n) is 5.54. The van der Waals surface area contributed by atoms with E-state index in [2.05, 4.69) is 0 Å². The van der Waals surface area contributed by atoms with Crippen molar-refractivity contribution in [2.24, 2.45) is 5.73 Å². The highest BCUT2D eigenvalue weighted by molar-refractivity contribution is 4.90. The van der Waals surface area contributed by atoms with E-state index in [1.807, 2.05) is 4.90 Å². The number of likely N-dealkylation sites (tertiary alicyclic amines) is 1. The van der Waals surface area contributed by atoms with Crippen molar-refractivity contribution in [2.75, 3.05) is 26.3 Å². The summed E-state index contributed by atoms with van der Waals surface area (Å²) in [6.07, 6.45) is -0.733. The van der Waals surface area contributed by atoms with Crippen LogP contribution in [-0.4, -0.2) is 55.6 Å². The molecule has 5 heteroatoms. The largest absolute Gasteiger partial charge is 0.378 e.